The molecule has 62 heavy (non-hydrogen) atoms. The lowest BCUT2D eigenvalue weighted by molar-refractivity contribution is -0.138. The molecule has 0 aliphatic rings. The minimum Gasteiger partial charge on any atom is -0.494 e. The van der Waals surface area contributed by atoms with Crippen LogP contribution in [0.15, 0.2) is 157 Å². The van der Waals surface area contributed by atoms with E-state index in [2.05, 4.69) is 0 Å². The van der Waals surface area contributed by atoms with Gasteiger partial charge >= 0.3 is 24.7 Å². The summed E-state index contributed by atoms with van der Waals surface area (Å²) in [5.74, 6) is 0.633. The van der Waals surface area contributed by atoms with Crippen LogP contribution in [0, 0.1) is 0 Å². The molecule has 6 rings (SSSR count). The van der Waals surface area contributed by atoms with Crippen molar-refractivity contribution in [3.8, 4) is 5.75 Å². The van der Waals surface area contributed by atoms with Crippen molar-refractivity contribution >= 4 is 43.7 Å². The molecule has 0 N–H and O–H groups in total. The number of benzene rings is 6. The molecular weight excluding hydrogens is 859 g/mol. The standard InChI is InChI=1S/C28H16BF12.C17H19O3S/c30-25(31,32)17-1-9-21(10-2-17)29(22-11-3-18(4-12-22)26(33,34)35,23-13-5-19(6-14-23)27(36,37)38)24-15-7-20(8-16-24)28(39,40)41;1-3-20-15-11-9-14(10-12-15)17(18)13-21(2,19)16-7-5-4-6-8-16/h1-16H;4-12H,3,13H2,1-2H3/q-1;+1. The fourth-order valence-electron chi connectivity index (χ4n) is 7.03. The Balaban J connectivity index is 0.000000290. The molecule has 0 heterocycles. The summed E-state index contributed by atoms with van der Waals surface area (Å²) in [7, 11) is -2.36. The van der Waals surface area contributed by atoms with Crippen LogP contribution >= 0.6 is 0 Å². The van der Waals surface area contributed by atoms with Crippen molar-refractivity contribution in [2.24, 2.45) is 0 Å². The summed E-state index contributed by atoms with van der Waals surface area (Å²) >= 11 is 0. The largest absolute Gasteiger partial charge is 0.494 e. The Kier molecular flexibility index (Phi) is 13.9. The normalized spacial score (nSPS) is 13.4. The lowest BCUT2D eigenvalue weighted by Crippen LogP contribution is -2.74. The zero-order chi connectivity index (χ0) is 45.7. The van der Waals surface area contributed by atoms with Gasteiger partial charge in [0, 0.05) is 5.56 Å². The van der Waals surface area contributed by atoms with Gasteiger partial charge in [-0.25, -0.2) is 0 Å². The Morgan fingerprint density at radius 3 is 1.06 bits per heavy atom. The number of ether oxygens (including phenoxy) is 1. The summed E-state index contributed by atoms with van der Waals surface area (Å²) in [6.45, 7) is 2.50. The molecule has 1 unspecified atom stereocenters. The van der Waals surface area contributed by atoms with Gasteiger partial charge in [0.15, 0.2) is 10.6 Å². The lowest BCUT2D eigenvalue weighted by atomic mass is 9.13. The maximum Gasteiger partial charge on any atom is 0.416 e. The third-order valence-corrected chi connectivity index (χ3v) is 12.2. The van der Waals surface area contributed by atoms with Crippen molar-refractivity contribution in [1.82, 2.24) is 0 Å². The van der Waals surface area contributed by atoms with E-state index < -0.39 is 63.0 Å². The Bertz CT molecular complexity index is 2230. The number of halogens is 12. The van der Waals surface area contributed by atoms with Gasteiger partial charge in [0.25, 0.3) is 0 Å². The van der Waals surface area contributed by atoms with Crippen molar-refractivity contribution < 1.29 is 66.4 Å². The minimum atomic E-state index is -4.77. The molecule has 326 valence electrons. The van der Waals surface area contributed by atoms with Crippen molar-refractivity contribution in [3.63, 3.8) is 0 Å². The summed E-state index contributed by atoms with van der Waals surface area (Å²) in [6.07, 6.45) is -20.4. The van der Waals surface area contributed by atoms with E-state index in [4.69, 9.17) is 4.74 Å². The van der Waals surface area contributed by atoms with Gasteiger partial charge in [0.05, 0.1) is 28.9 Å². The second-order valence-corrected chi connectivity index (χ2v) is 17.0. The number of hydrogen-bond acceptors (Lipinski definition) is 3. The van der Waals surface area contributed by atoms with E-state index in [1.807, 2.05) is 25.1 Å². The lowest BCUT2D eigenvalue weighted by Gasteiger charge is -2.44. The fourth-order valence-corrected chi connectivity index (χ4v) is 8.59. The summed E-state index contributed by atoms with van der Waals surface area (Å²) in [5.41, 5.74) is -3.74. The summed E-state index contributed by atoms with van der Waals surface area (Å²) in [5, 5.41) is 0. The van der Waals surface area contributed by atoms with Crippen LogP contribution in [-0.2, 0) is 38.8 Å². The molecule has 0 aliphatic carbocycles. The maximum atomic E-state index is 13.3. The maximum absolute atomic E-state index is 13.3. The van der Waals surface area contributed by atoms with E-state index in [-0.39, 0.29) is 33.4 Å². The first-order chi connectivity index (χ1) is 28.9. The van der Waals surface area contributed by atoms with Crippen molar-refractivity contribution in [1.29, 1.82) is 0 Å². The Hall–Kier alpha value is -5.84. The number of hydrogen-bond donors (Lipinski definition) is 0. The van der Waals surface area contributed by atoms with Crippen LogP contribution in [0.25, 0.3) is 0 Å². The zero-order valence-electron chi connectivity index (χ0n) is 32.6. The molecule has 6 aromatic rings. The molecule has 0 radical (unpaired) electrons. The van der Waals surface area contributed by atoms with Crippen LogP contribution in [0.1, 0.15) is 39.5 Å². The fraction of sp³-hybridized carbons (Fsp3) is 0.178. The van der Waals surface area contributed by atoms with Gasteiger partial charge < -0.3 is 4.74 Å². The second-order valence-electron chi connectivity index (χ2n) is 14.2. The summed E-state index contributed by atoms with van der Waals surface area (Å²) < 4.78 is 178. The monoisotopic (exact) mass is 894 g/mol. The quantitative estimate of drug-likeness (QED) is 0.0596. The SMILES string of the molecule is CCOc1ccc(C(=O)C[S+](C)(=O)c2ccccc2)cc1.FC(F)(F)c1ccc([B-](c2ccc(C(F)(F)F)cc2)(c2ccc(C(F)(F)F)cc2)c2ccc(C(F)(F)F)cc2)cc1. The average Bonchev–Trinajstić information content (AvgIpc) is 3.21. The highest BCUT2D eigenvalue weighted by atomic mass is 32.2. The first kappa shape index (κ1) is 47.2. The molecule has 0 saturated carbocycles. The van der Waals surface area contributed by atoms with Gasteiger partial charge in [-0.3, -0.25) is 4.79 Å². The van der Waals surface area contributed by atoms with Crippen LogP contribution in [0.2, 0.25) is 0 Å². The number of carbonyl (C=O) groups excluding carboxylic acids is 1. The van der Waals surface area contributed by atoms with Gasteiger partial charge in [0.1, 0.15) is 28.1 Å². The van der Waals surface area contributed by atoms with Crippen molar-refractivity contribution in [3.05, 3.63) is 179 Å². The Morgan fingerprint density at radius 1 is 0.484 bits per heavy atom. The molecule has 17 heteroatoms. The minimum absolute atomic E-state index is 0.0114. The third kappa shape index (κ3) is 11.0. The smallest absolute Gasteiger partial charge is 0.416 e. The number of Topliss-reactive ketones (excluding diaryl/α,β-unsaturated/α-hetero) is 1. The number of alkyl halides is 12. The van der Waals surface area contributed by atoms with Crippen LogP contribution in [0.3, 0.4) is 0 Å². The molecule has 0 aromatic heterocycles. The first-order valence-electron chi connectivity index (χ1n) is 18.5. The van der Waals surface area contributed by atoms with Gasteiger partial charge in [-0.2, -0.15) is 74.5 Å². The number of ketones is 1. The molecule has 6 aromatic carbocycles. The van der Waals surface area contributed by atoms with Crippen molar-refractivity contribution in [2.45, 2.75) is 36.5 Å². The van der Waals surface area contributed by atoms with Gasteiger partial charge in [-0.1, -0.05) is 119 Å². The molecule has 0 fully saturated rings. The van der Waals surface area contributed by atoms with Crippen molar-refractivity contribution in [2.75, 3.05) is 18.6 Å². The third-order valence-electron chi connectivity index (χ3n) is 10.1. The van der Waals surface area contributed by atoms with E-state index in [1.54, 1.807) is 42.7 Å². The Morgan fingerprint density at radius 2 is 0.790 bits per heavy atom. The van der Waals surface area contributed by atoms with E-state index in [1.165, 1.54) is 0 Å². The van der Waals surface area contributed by atoms with Crippen LogP contribution in [0.4, 0.5) is 52.7 Å². The Labute approximate surface area is 349 Å². The van der Waals surface area contributed by atoms with E-state index in [0.717, 1.165) is 54.3 Å². The highest BCUT2D eigenvalue weighted by Crippen LogP contribution is 2.32. The molecular formula is C45H35BF12O3S. The molecule has 0 saturated heterocycles. The second kappa shape index (κ2) is 18.3. The highest BCUT2D eigenvalue weighted by Gasteiger charge is 2.38. The average molecular weight is 895 g/mol. The van der Waals surface area contributed by atoms with Crippen LogP contribution in [0.5, 0.6) is 5.75 Å². The molecule has 3 nitrogen and oxygen atoms in total. The molecule has 0 aliphatic heterocycles. The topological polar surface area (TPSA) is 43.4 Å². The van der Waals surface area contributed by atoms with Gasteiger partial charge in [0.2, 0.25) is 5.78 Å². The summed E-state index contributed by atoms with van der Waals surface area (Å²) in [4.78, 5) is 13.0. The highest BCUT2D eigenvalue weighted by molar-refractivity contribution is 8.03. The summed E-state index contributed by atoms with van der Waals surface area (Å²) in [6, 6.07) is 29.6. The molecule has 0 spiro atoms. The van der Waals surface area contributed by atoms with E-state index >= 15 is 0 Å². The van der Waals surface area contributed by atoms with Crippen LogP contribution < -0.4 is 26.6 Å². The molecule has 1 atom stereocenters. The van der Waals surface area contributed by atoms with E-state index in [9.17, 15) is 61.7 Å². The predicted molar refractivity (Wildman–Crippen MR) is 216 cm³/mol. The zero-order valence-corrected chi connectivity index (χ0v) is 33.4. The van der Waals surface area contributed by atoms with E-state index in [0.29, 0.717) is 65.6 Å². The number of rotatable bonds is 10. The number of carbonyl (C=O) groups is 1. The van der Waals surface area contributed by atoms with Crippen LogP contribution in [-0.4, -0.2) is 30.5 Å². The van der Waals surface area contributed by atoms with Gasteiger partial charge in [-0.15, -0.1) is 0 Å². The van der Waals surface area contributed by atoms with Gasteiger partial charge in [-0.05, 0) is 43.3 Å². The predicted octanol–water partition coefficient (Wildman–Crippen LogP) is 10.6. The molecule has 0 amide bonds. The molecule has 0 bridgehead atoms. The first-order valence-corrected chi connectivity index (χ1v) is 20.7.